The fraction of sp³-hybridized carbons (Fsp3) is 0.500. The van der Waals surface area contributed by atoms with E-state index in [0.717, 1.165) is 49.5 Å². The molecule has 2 aliphatic heterocycles. The summed E-state index contributed by atoms with van der Waals surface area (Å²) in [7, 11) is 1.65. The number of likely N-dealkylation sites (tertiary alicyclic amines) is 2. The number of amides is 1. The summed E-state index contributed by atoms with van der Waals surface area (Å²) < 4.78 is 11.6. The second-order valence-corrected chi connectivity index (χ2v) is 9.00. The average Bonchev–Trinajstić information content (AvgIpc) is 2.77. The average molecular weight is 423 g/mol. The van der Waals surface area contributed by atoms with Gasteiger partial charge in [0.05, 0.1) is 19.6 Å². The van der Waals surface area contributed by atoms with Gasteiger partial charge in [-0.05, 0) is 62.4 Å². The molecule has 0 spiro atoms. The molecule has 1 amide bonds. The van der Waals surface area contributed by atoms with Gasteiger partial charge in [0.25, 0.3) is 0 Å². The van der Waals surface area contributed by atoms with Gasteiger partial charge in [-0.2, -0.15) is 0 Å². The van der Waals surface area contributed by atoms with Gasteiger partial charge >= 0.3 is 0 Å². The SMILES string of the molecule is COc1cccc(CC(=O)N2CCC(C3C(Oc4ccccc4)CN3C(C)C)CC2)c1. The minimum absolute atomic E-state index is 0.207. The summed E-state index contributed by atoms with van der Waals surface area (Å²) in [4.78, 5) is 17.4. The first-order valence-electron chi connectivity index (χ1n) is 11.4. The van der Waals surface area contributed by atoms with Crippen molar-refractivity contribution in [1.29, 1.82) is 0 Å². The van der Waals surface area contributed by atoms with Gasteiger partial charge in [0, 0.05) is 25.7 Å². The molecular weight excluding hydrogens is 388 g/mol. The van der Waals surface area contributed by atoms with Crippen molar-refractivity contribution >= 4 is 5.91 Å². The lowest BCUT2D eigenvalue weighted by Crippen LogP contribution is -2.68. The number of carbonyl (C=O) groups excluding carboxylic acids is 1. The third-order valence-corrected chi connectivity index (χ3v) is 6.71. The molecule has 0 N–H and O–H groups in total. The molecule has 4 rings (SSSR count). The normalized spacial score (nSPS) is 22.3. The highest BCUT2D eigenvalue weighted by Gasteiger charge is 2.47. The van der Waals surface area contributed by atoms with Gasteiger partial charge in [-0.1, -0.05) is 30.3 Å². The second kappa shape index (κ2) is 9.73. The van der Waals surface area contributed by atoms with Crippen LogP contribution in [0.3, 0.4) is 0 Å². The Morgan fingerprint density at radius 3 is 2.42 bits per heavy atom. The van der Waals surface area contributed by atoms with E-state index < -0.39 is 0 Å². The van der Waals surface area contributed by atoms with Crippen LogP contribution in [0.2, 0.25) is 0 Å². The van der Waals surface area contributed by atoms with Gasteiger partial charge in [-0.3, -0.25) is 9.69 Å². The number of nitrogens with zero attached hydrogens (tertiary/aromatic N) is 2. The molecule has 0 saturated carbocycles. The third-order valence-electron chi connectivity index (χ3n) is 6.71. The van der Waals surface area contributed by atoms with Crippen molar-refractivity contribution in [2.45, 2.75) is 51.3 Å². The standard InChI is InChI=1S/C26H34N2O3/c1-19(2)28-18-24(31-22-9-5-4-6-10-22)26(28)21-12-14-27(15-13-21)25(29)17-20-8-7-11-23(16-20)30-3/h4-11,16,19,21,24,26H,12-15,17-18H2,1-3H3. The number of piperidine rings is 1. The van der Waals surface area contributed by atoms with Crippen LogP contribution in [-0.4, -0.2) is 60.6 Å². The molecule has 5 nitrogen and oxygen atoms in total. The molecule has 0 aromatic heterocycles. The van der Waals surface area contributed by atoms with E-state index in [1.54, 1.807) is 7.11 Å². The van der Waals surface area contributed by atoms with Crippen molar-refractivity contribution in [1.82, 2.24) is 9.80 Å². The zero-order valence-electron chi connectivity index (χ0n) is 18.9. The fourth-order valence-corrected chi connectivity index (χ4v) is 4.98. The van der Waals surface area contributed by atoms with Gasteiger partial charge in [0.15, 0.2) is 0 Å². The van der Waals surface area contributed by atoms with Crippen LogP contribution in [0, 0.1) is 5.92 Å². The van der Waals surface area contributed by atoms with Crippen molar-refractivity contribution in [3.8, 4) is 11.5 Å². The summed E-state index contributed by atoms with van der Waals surface area (Å²) in [5.74, 6) is 2.52. The highest BCUT2D eigenvalue weighted by atomic mass is 16.5. The molecule has 0 aliphatic carbocycles. The van der Waals surface area contributed by atoms with E-state index in [2.05, 4.69) is 18.7 Å². The minimum Gasteiger partial charge on any atom is -0.497 e. The van der Waals surface area contributed by atoms with Gasteiger partial charge < -0.3 is 14.4 Å². The molecule has 0 bridgehead atoms. The largest absolute Gasteiger partial charge is 0.497 e. The number of para-hydroxylation sites is 1. The molecule has 2 atom stereocenters. The first kappa shape index (κ1) is 21.7. The van der Waals surface area contributed by atoms with E-state index in [9.17, 15) is 4.79 Å². The van der Waals surface area contributed by atoms with Gasteiger partial charge in [0.2, 0.25) is 5.91 Å². The third kappa shape index (κ3) is 5.04. The summed E-state index contributed by atoms with van der Waals surface area (Å²) in [6, 6.07) is 18.9. The van der Waals surface area contributed by atoms with Crippen LogP contribution >= 0.6 is 0 Å². The van der Waals surface area contributed by atoms with Crippen molar-refractivity contribution < 1.29 is 14.3 Å². The molecule has 2 unspecified atom stereocenters. The van der Waals surface area contributed by atoms with Crippen LogP contribution in [0.15, 0.2) is 54.6 Å². The Bertz CT molecular complexity index is 862. The topological polar surface area (TPSA) is 42.0 Å². The Kier molecular flexibility index (Phi) is 6.81. The van der Waals surface area contributed by atoms with E-state index in [1.165, 1.54) is 0 Å². The lowest BCUT2D eigenvalue weighted by Gasteiger charge is -2.54. The highest BCUT2D eigenvalue weighted by molar-refractivity contribution is 5.79. The Labute approximate surface area is 185 Å². The molecule has 2 fully saturated rings. The lowest BCUT2D eigenvalue weighted by molar-refractivity contribution is -0.135. The van der Waals surface area contributed by atoms with Crippen LogP contribution < -0.4 is 9.47 Å². The monoisotopic (exact) mass is 422 g/mol. The fourth-order valence-electron chi connectivity index (χ4n) is 4.98. The summed E-state index contributed by atoms with van der Waals surface area (Å²) in [5, 5.41) is 0. The maximum absolute atomic E-state index is 12.9. The molecule has 2 heterocycles. The number of methoxy groups -OCH3 is 1. The van der Waals surface area contributed by atoms with Crippen LogP contribution in [0.4, 0.5) is 0 Å². The van der Waals surface area contributed by atoms with Gasteiger partial charge in [-0.15, -0.1) is 0 Å². The number of hydrogen-bond donors (Lipinski definition) is 0. The van der Waals surface area contributed by atoms with Crippen molar-refractivity contribution in [3.63, 3.8) is 0 Å². The summed E-state index contributed by atoms with van der Waals surface area (Å²) in [6.45, 7) is 7.16. The lowest BCUT2D eigenvalue weighted by atomic mass is 9.79. The molecule has 0 radical (unpaired) electrons. The molecule has 5 heteroatoms. The van der Waals surface area contributed by atoms with Crippen LogP contribution in [0.5, 0.6) is 11.5 Å². The molecule has 2 aliphatic rings. The van der Waals surface area contributed by atoms with E-state index in [0.29, 0.717) is 24.4 Å². The molecule has 2 aromatic carbocycles. The number of benzene rings is 2. The summed E-state index contributed by atoms with van der Waals surface area (Å²) in [6.07, 6.45) is 2.73. The predicted molar refractivity (Wildman–Crippen MR) is 122 cm³/mol. The van der Waals surface area contributed by atoms with Crippen LogP contribution in [-0.2, 0) is 11.2 Å². The molecule has 2 aromatic rings. The van der Waals surface area contributed by atoms with Crippen molar-refractivity contribution in [3.05, 3.63) is 60.2 Å². The smallest absolute Gasteiger partial charge is 0.226 e. The Morgan fingerprint density at radius 1 is 1.03 bits per heavy atom. The van der Waals surface area contributed by atoms with E-state index in [4.69, 9.17) is 9.47 Å². The summed E-state index contributed by atoms with van der Waals surface area (Å²) in [5.41, 5.74) is 1.01. The quantitative estimate of drug-likeness (QED) is 0.676. The van der Waals surface area contributed by atoms with Crippen molar-refractivity contribution in [2.75, 3.05) is 26.7 Å². The van der Waals surface area contributed by atoms with E-state index >= 15 is 0 Å². The molecular formula is C26H34N2O3. The van der Waals surface area contributed by atoms with Crippen molar-refractivity contribution in [2.24, 2.45) is 5.92 Å². The maximum Gasteiger partial charge on any atom is 0.226 e. The number of ether oxygens (including phenoxy) is 2. The minimum atomic E-state index is 0.207. The van der Waals surface area contributed by atoms with E-state index in [-0.39, 0.29) is 12.0 Å². The van der Waals surface area contributed by atoms with Gasteiger partial charge in [0.1, 0.15) is 17.6 Å². The Morgan fingerprint density at radius 2 is 1.74 bits per heavy atom. The number of hydrogen-bond acceptors (Lipinski definition) is 4. The molecule has 166 valence electrons. The maximum atomic E-state index is 12.9. The first-order valence-corrected chi connectivity index (χ1v) is 11.4. The van der Waals surface area contributed by atoms with Gasteiger partial charge in [-0.25, -0.2) is 0 Å². The second-order valence-electron chi connectivity index (χ2n) is 9.00. The molecule has 2 saturated heterocycles. The zero-order chi connectivity index (χ0) is 21.8. The Hall–Kier alpha value is -2.53. The number of carbonyl (C=O) groups is 1. The van der Waals surface area contributed by atoms with Crippen LogP contribution in [0.1, 0.15) is 32.3 Å². The van der Waals surface area contributed by atoms with Crippen LogP contribution in [0.25, 0.3) is 0 Å². The summed E-state index contributed by atoms with van der Waals surface area (Å²) >= 11 is 0. The van der Waals surface area contributed by atoms with E-state index in [1.807, 2.05) is 59.5 Å². The molecule has 31 heavy (non-hydrogen) atoms. The zero-order valence-corrected chi connectivity index (χ0v) is 18.9. The Balaban J connectivity index is 1.34. The first-order chi connectivity index (χ1) is 15.0. The predicted octanol–water partition coefficient (Wildman–Crippen LogP) is 4.02. The number of rotatable bonds is 7. The highest BCUT2D eigenvalue weighted by Crippen LogP contribution is 2.36.